The number of carbonyl (C=O) groups is 2. The summed E-state index contributed by atoms with van der Waals surface area (Å²) < 4.78 is 0.786. The Kier molecular flexibility index (Phi) is 3.83. The molecule has 1 unspecified atom stereocenters. The molecular formula is C11H12BrNO3S. The fraction of sp³-hybridized carbons (Fsp3) is 0.455. The van der Waals surface area contributed by atoms with E-state index in [4.69, 9.17) is 5.11 Å². The molecule has 0 aliphatic carbocycles. The largest absolute Gasteiger partial charge is 0.481 e. The Balaban J connectivity index is 2.14. The smallest absolute Gasteiger partial charge is 0.305 e. The van der Waals surface area contributed by atoms with Crippen LogP contribution in [0.4, 0.5) is 0 Å². The van der Waals surface area contributed by atoms with Gasteiger partial charge in [0.2, 0.25) is 0 Å². The molecule has 1 aromatic rings. The van der Waals surface area contributed by atoms with Crippen molar-refractivity contribution in [1.82, 2.24) is 4.90 Å². The molecule has 0 saturated carbocycles. The highest BCUT2D eigenvalue weighted by atomic mass is 79.9. The molecular weight excluding hydrogens is 306 g/mol. The zero-order valence-electron chi connectivity index (χ0n) is 9.06. The maximum Gasteiger partial charge on any atom is 0.305 e. The number of carboxylic acids is 1. The lowest BCUT2D eigenvalue weighted by atomic mass is 10.1. The van der Waals surface area contributed by atoms with Gasteiger partial charge in [0.1, 0.15) is 4.88 Å². The van der Waals surface area contributed by atoms with Crippen molar-refractivity contribution < 1.29 is 14.7 Å². The molecule has 2 rings (SSSR count). The zero-order chi connectivity index (χ0) is 12.4. The first-order chi connectivity index (χ1) is 8.09. The van der Waals surface area contributed by atoms with E-state index in [9.17, 15) is 9.59 Å². The Morgan fingerprint density at radius 3 is 2.94 bits per heavy atom. The number of carbonyl (C=O) groups excluding carboxylic acids is 1. The number of halogens is 1. The predicted octanol–water partition coefficient (Wildman–Crippen LogP) is 2.59. The third-order valence-corrected chi connectivity index (χ3v) is 4.69. The first-order valence-corrected chi connectivity index (χ1v) is 7.02. The molecule has 0 spiro atoms. The number of hydrogen-bond acceptors (Lipinski definition) is 3. The Morgan fingerprint density at radius 1 is 1.59 bits per heavy atom. The third kappa shape index (κ3) is 2.69. The number of carboxylic acid groups (broad SMARTS) is 1. The van der Waals surface area contributed by atoms with E-state index in [-0.39, 0.29) is 18.4 Å². The SMILES string of the molecule is O=C(O)CC1CCCN1C(=O)c1sccc1Br. The van der Waals surface area contributed by atoms with Crippen LogP contribution in [0.3, 0.4) is 0 Å². The van der Waals surface area contributed by atoms with Crippen LogP contribution in [0.5, 0.6) is 0 Å². The summed E-state index contributed by atoms with van der Waals surface area (Å²) in [7, 11) is 0. The number of aliphatic carboxylic acids is 1. The number of likely N-dealkylation sites (tertiary alicyclic amines) is 1. The van der Waals surface area contributed by atoms with Crippen LogP contribution >= 0.6 is 27.3 Å². The molecule has 1 aliphatic rings. The van der Waals surface area contributed by atoms with Crippen molar-refractivity contribution in [3.8, 4) is 0 Å². The molecule has 1 fully saturated rings. The van der Waals surface area contributed by atoms with Crippen molar-refractivity contribution in [3.05, 3.63) is 20.8 Å². The molecule has 1 aliphatic heterocycles. The minimum Gasteiger partial charge on any atom is -0.481 e. The predicted molar refractivity (Wildman–Crippen MR) is 68.3 cm³/mol. The second-order valence-corrected chi connectivity index (χ2v) is 5.76. The van der Waals surface area contributed by atoms with Gasteiger partial charge in [0.25, 0.3) is 5.91 Å². The summed E-state index contributed by atoms with van der Waals surface area (Å²) in [5.74, 6) is -0.907. The summed E-state index contributed by atoms with van der Waals surface area (Å²) >= 11 is 4.71. The van der Waals surface area contributed by atoms with Crippen molar-refractivity contribution >= 4 is 39.1 Å². The van der Waals surface area contributed by atoms with E-state index in [0.717, 1.165) is 17.3 Å². The Morgan fingerprint density at radius 2 is 2.35 bits per heavy atom. The molecule has 0 bridgehead atoms. The van der Waals surface area contributed by atoms with Crippen LogP contribution in [0.1, 0.15) is 28.9 Å². The van der Waals surface area contributed by atoms with Crippen LogP contribution in [-0.4, -0.2) is 34.5 Å². The number of amides is 1. The van der Waals surface area contributed by atoms with Crippen molar-refractivity contribution in [3.63, 3.8) is 0 Å². The minimum atomic E-state index is -0.847. The summed E-state index contributed by atoms with van der Waals surface area (Å²) in [5, 5.41) is 10.7. The van der Waals surface area contributed by atoms with Gasteiger partial charge in [-0.2, -0.15) is 0 Å². The van der Waals surface area contributed by atoms with Gasteiger partial charge in [-0.3, -0.25) is 9.59 Å². The molecule has 1 aromatic heterocycles. The van der Waals surface area contributed by atoms with Crippen LogP contribution in [0.2, 0.25) is 0 Å². The summed E-state index contributed by atoms with van der Waals surface area (Å²) in [6, 6.07) is 1.68. The lowest BCUT2D eigenvalue weighted by Gasteiger charge is -2.23. The van der Waals surface area contributed by atoms with E-state index in [2.05, 4.69) is 15.9 Å². The number of thiophene rings is 1. The fourth-order valence-corrected chi connectivity index (χ4v) is 3.59. The molecule has 1 amide bonds. The molecule has 6 heteroatoms. The zero-order valence-corrected chi connectivity index (χ0v) is 11.5. The normalized spacial score (nSPS) is 19.6. The summed E-state index contributed by atoms with van der Waals surface area (Å²) in [6.07, 6.45) is 1.70. The van der Waals surface area contributed by atoms with Crippen molar-refractivity contribution in [2.75, 3.05) is 6.54 Å². The molecule has 2 heterocycles. The van der Waals surface area contributed by atoms with E-state index in [1.54, 1.807) is 4.90 Å². The molecule has 0 radical (unpaired) electrons. The lowest BCUT2D eigenvalue weighted by molar-refractivity contribution is -0.137. The maximum absolute atomic E-state index is 12.2. The minimum absolute atomic E-state index is 0.0364. The van der Waals surface area contributed by atoms with E-state index in [0.29, 0.717) is 11.4 Å². The van der Waals surface area contributed by atoms with E-state index < -0.39 is 5.97 Å². The van der Waals surface area contributed by atoms with Gasteiger partial charge < -0.3 is 10.0 Å². The fourth-order valence-electron chi connectivity index (χ4n) is 2.09. The standard InChI is InChI=1S/C11H12BrNO3S/c12-8-3-5-17-10(8)11(16)13-4-1-2-7(13)6-9(14)15/h3,5,7H,1-2,4,6H2,(H,14,15). The van der Waals surface area contributed by atoms with Gasteiger partial charge >= 0.3 is 5.97 Å². The molecule has 17 heavy (non-hydrogen) atoms. The number of nitrogens with zero attached hydrogens (tertiary/aromatic N) is 1. The van der Waals surface area contributed by atoms with E-state index in [1.807, 2.05) is 11.4 Å². The topological polar surface area (TPSA) is 57.6 Å². The molecule has 92 valence electrons. The third-order valence-electron chi connectivity index (χ3n) is 2.86. The van der Waals surface area contributed by atoms with Gasteiger partial charge in [0.05, 0.1) is 6.42 Å². The number of rotatable bonds is 3. The Hall–Kier alpha value is -0.880. The van der Waals surface area contributed by atoms with E-state index in [1.165, 1.54) is 11.3 Å². The van der Waals surface area contributed by atoms with Gasteiger partial charge in [-0.15, -0.1) is 11.3 Å². The van der Waals surface area contributed by atoms with Gasteiger partial charge in [-0.25, -0.2) is 0 Å². The first kappa shape index (κ1) is 12.6. The van der Waals surface area contributed by atoms with Crippen molar-refractivity contribution in [2.45, 2.75) is 25.3 Å². The van der Waals surface area contributed by atoms with Gasteiger partial charge in [-0.1, -0.05) is 0 Å². The highest BCUT2D eigenvalue weighted by Gasteiger charge is 2.32. The van der Waals surface area contributed by atoms with Gasteiger partial charge in [0, 0.05) is 17.1 Å². The lowest BCUT2D eigenvalue weighted by Crippen LogP contribution is -2.36. The summed E-state index contributed by atoms with van der Waals surface area (Å²) in [6.45, 7) is 0.654. The average Bonchev–Trinajstić information content (AvgIpc) is 2.85. The summed E-state index contributed by atoms with van der Waals surface area (Å²) in [5.41, 5.74) is 0. The maximum atomic E-state index is 12.2. The van der Waals surface area contributed by atoms with Crippen LogP contribution in [0.25, 0.3) is 0 Å². The van der Waals surface area contributed by atoms with E-state index >= 15 is 0 Å². The molecule has 1 saturated heterocycles. The van der Waals surface area contributed by atoms with Crippen LogP contribution in [0, 0.1) is 0 Å². The highest BCUT2D eigenvalue weighted by Crippen LogP contribution is 2.28. The first-order valence-electron chi connectivity index (χ1n) is 5.35. The molecule has 1 atom stereocenters. The summed E-state index contributed by atoms with van der Waals surface area (Å²) in [4.78, 5) is 25.3. The van der Waals surface area contributed by atoms with Crippen molar-refractivity contribution in [2.24, 2.45) is 0 Å². The van der Waals surface area contributed by atoms with Crippen LogP contribution in [-0.2, 0) is 4.79 Å². The molecule has 0 aromatic carbocycles. The van der Waals surface area contributed by atoms with Crippen LogP contribution < -0.4 is 0 Å². The van der Waals surface area contributed by atoms with Gasteiger partial charge in [-0.05, 0) is 40.2 Å². The van der Waals surface area contributed by atoms with Crippen molar-refractivity contribution in [1.29, 1.82) is 0 Å². The Labute approximate surface area is 111 Å². The Bertz CT molecular complexity index is 446. The quantitative estimate of drug-likeness (QED) is 0.932. The molecule has 4 nitrogen and oxygen atoms in total. The second kappa shape index (κ2) is 5.18. The van der Waals surface area contributed by atoms with Crippen LogP contribution in [0.15, 0.2) is 15.9 Å². The molecule has 1 N–H and O–H groups in total. The monoisotopic (exact) mass is 317 g/mol. The second-order valence-electron chi connectivity index (χ2n) is 3.99. The number of hydrogen-bond donors (Lipinski definition) is 1. The highest BCUT2D eigenvalue weighted by molar-refractivity contribution is 9.10. The average molecular weight is 318 g/mol. The van der Waals surface area contributed by atoms with Gasteiger partial charge in [0.15, 0.2) is 0 Å².